The van der Waals surface area contributed by atoms with Crippen LogP contribution in [0.3, 0.4) is 0 Å². The van der Waals surface area contributed by atoms with Gasteiger partial charge in [-0.15, -0.1) is 0 Å². The normalized spacial score (nSPS) is 17.0. The first kappa shape index (κ1) is 31.3. The molecular weight excluding hydrogens is 552 g/mol. The van der Waals surface area contributed by atoms with Crippen LogP contribution in [-0.2, 0) is 45.7 Å². The number of nitrogens with one attached hydrogen (secondary N) is 3. The lowest BCUT2D eigenvalue weighted by molar-refractivity contribution is -0.142. The van der Waals surface area contributed by atoms with Crippen molar-refractivity contribution in [2.45, 2.75) is 58.5 Å². The van der Waals surface area contributed by atoms with E-state index in [1.54, 1.807) is 11.1 Å². The number of pyridine rings is 1. The Morgan fingerprint density at radius 1 is 1.00 bits per heavy atom. The van der Waals surface area contributed by atoms with Crippen molar-refractivity contribution in [1.82, 2.24) is 20.1 Å². The summed E-state index contributed by atoms with van der Waals surface area (Å²) in [6.45, 7) is 8.52. The van der Waals surface area contributed by atoms with Gasteiger partial charge >= 0.3 is 0 Å². The lowest BCUT2D eigenvalue weighted by Crippen LogP contribution is -2.43. The fourth-order valence-electron chi connectivity index (χ4n) is 6.23. The van der Waals surface area contributed by atoms with Gasteiger partial charge in [-0.25, -0.2) is 4.98 Å². The highest BCUT2D eigenvalue weighted by Gasteiger charge is 2.51. The maximum atomic E-state index is 13.5. The first-order valence-electron chi connectivity index (χ1n) is 15.4. The van der Waals surface area contributed by atoms with Crippen LogP contribution in [0.15, 0.2) is 60.8 Å². The number of nitrogens with zero attached hydrogens (tertiary/aromatic N) is 3. The zero-order valence-corrected chi connectivity index (χ0v) is 26.5. The molecule has 9 heteroatoms. The minimum Gasteiger partial charge on any atom is -0.329 e. The number of hydrogen-bond donors (Lipinski definition) is 3. The summed E-state index contributed by atoms with van der Waals surface area (Å²) in [5.41, 5.74) is 4.52. The second-order valence-electron chi connectivity index (χ2n) is 13.3. The van der Waals surface area contributed by atoms with Crippen LogP contribution in [0.4, 0.5) is 11.5 Å². The molecular formula is C35H44N6O3. The summed E-state index contributed by atoms with van der Waals surface area (Å²) < 4.78 is 0. The molecule has 3 aromatic rings. The van der Waals surface area contributed by atoms with Crippen molar-refractivity contribution in [3.8, 4) is 0 Å². The molecule has 44 heavy (non-hydrogen) atoms. The number of aromatic nitrogens is 1. The number of amides is 3. The van der Waals surface area contributed by atoms with Gasteiger partial charge < -0.3 is 25.8 Å². The molecule has 3 N–H and O–H groups in total. The quantitative estimate of drug-likeness (QED) is 0.288. The van der Waals surface area contributed by atoms with E-state index in [4.69, 9.17) is 0 Å². The van der Waals surface area contributed by atoms with E-state index in [1.807, 2.05) is 69.3 Å². The molecule has 1 atom stereocenters. The second kappa shape index (κ2) is 12.9. The Hall–Kier alpha value is -4.08. The summed E-state index contributed by atoms with van der Waals surface area (Å²) in [6, 6.07) is 17.7. The number of carbonyl (C=O) groups excluding carboxylic acids is 3. The number of anilines is 2. The number of fused-ring (bicyclic) bond motifs is 3. The fourth-order valence-corrected chi connectivity index (χ4v) is 6.23. The Kier molecular flexibility index (Phi) is 9.18. The zero-order chi connectivity index (χ0) is 31.5. The molecule has 1 aliphatic carbocycles. The molecule has 1 aliphatic heterocycles. The molecule has 0 fully saturated rings. The largest absolute Gasteiger partial charge is 0.329 e. The van der Waals surface area contributed by atoms with Gasteiger partial charge in [0.05, 0.1) is 5.41 Å². The molecule has 5 rings (SSSR count). The maximum absolute atomic E-state index is 13.5. The van der Waals surface area contributed by atoms with E-state index in [1.165, 1.54) is 0 Å². The molecule has 1 aromatic heterocycles. The van der Waals surface area contributed by atoms with E-state index in [2.05, 4.69) is 46.0 Å². The maximum Gasteiger partial charge on any atom is 0.244 e. The molecule has 1 spiro atoms. The predicted molar refractivity (Wildman–Crippen MR) is 173 cm³/mol. The van der Waals surface area contributed by atoms with Crippen LogP contribution in [0.5, 0.6) is 0 Å². The highest BCUT2D eigenvalue weighted by Crippen LogP contribution is 2.46. The summed E-state index contributed by atoms with van der Waals surface area (Å²) in [4.78, 5) is 48.2. The first-order valence-corrected chi connectivity index (χ1v) is 15.4. The summed E-state index contributed by atoms with van der Waals surface area (Å²) in [6.07, 6.45) is 3.88. The van der Waals surface area contributed by atoms with Crippen LogP contribution in [0.25, 0.3) is 0 Å². The van der Waals surface area contributed by atoms with E-state index in [0.29, 0.717) is 37.4 Å². The first-order chi connectivity index (χ1) is 21.0. The highest BCUT2D eigenvalue weighted by molar-refractivity contribution is 6.06. The minimum atomic E-state index is -0.668. The lowest BCUT2D eigenvalue weighted by atomic mass is 9.79. The van der Waals surface area contributed by atoms with E-state index < -0.39 is 10.8 Å². The molecule has 2 aromatic carbocycles. The molecule has 2 heterocycles. The summed E-state index contributed by atoms with van der Waals surface area (Å²) in [5, 5.41) is 9.46. The summed E-state index contributed by atoms with van der Waals surface area (Å²) in [7, 11) is 4.14. The molecule has 0 saturated carbocycles. The van der Waals surface area contributed by atoms with Gasteiger partial charge in [-0.05, 0) is 86.9 Å². The van der Waals surface area contributed by atoms with Gasteiger partial charge in [0, 0.05) is 36.0 Å². The van der Waals surface area contributed by atoms with Crippen LogP contribution in [-0.4, -0.2) is 66.2 Å². The monoisotopic (exact) mass is 596 g/mol. The van der Waals surface area contributed by atoms with Crippen LogP contribution < -0.4 is 16.0 Å². The van der Waals surface area contributed by atoms with Crippen molar-refractivity contribution in [3.63, 3.8) is 0 Å². The van der Waals surface area contributed by atoms with Crippen molar-refractivity contribution < 1.29 is 14.4 Å². The van der Waals surface area contributed by atoms with E-state index in [9.17, 15) is 14.4 Å². The van der Waals surface area contributed by atoms with Crippen LogP contribution in [0.1, 0.15) is 55.0 Å². The van der Waals surface area contributed by atoms with Crippen molar-refractivity contribution in [2.24, 2.45) is 5.41 Å². The zero-order valence-electron chi connectivity index (χ0n) is 26.5. The third-order valence-corrected chi connectivity index (χ3v) is 8.48. The van der Waals surface area contributed by atoms with Gasteiger partial charge in [0.15, 0.2) is 0 Å². The van der Waals surface area contributed by atoms with Crippen molar-refractivity contribution in [2.75, 3.05) is 44.4 Å². The molecule has 0 saturated heterocycles. The van der Waals surface area contributed by atoms with Gasteiger partial charge in [-0.2, -0.15) is 0 Å². The van der Waals surface area contributed by atoms with E-state index in [-0.39, 0.29) is 24.3 Å². The molecule has 2 aliphatic rings. The smallest absolute Gasteiger partial charge is 0.244 e. The predicted octanol–water partition coefficient (Wildman–Crippen LogP) is 4.13. The van der Waals surface area contributed by atoms with Gasteiger partial charge in [-0.3, -0.25) is 14.4 Å². The Labute approximate surface area is 260 Å². The number of benzene rings is 2. The van der Waals surface area contributed by atoms with Crippen molar-refractivity contribution >= 4 is 29.2 Å². The lowest BCUT2D eigenvalue weighted by Gasteiger charge is -2.30. The Balaban J connectivity index is 1.27. The topological polar surface area (TPSA) is 107 Å². The number of hydrogen-bond acceptors (Lipinski definition) is 6. The number of rotatable bonds is 11. The van der Waals surface area contributed by atoms with Crippen molar-refractivity contribution in [1.29, 1.82) is 0 Å². The third-order valence-electron chi connectivity index (χ3n) is 8.48. The second-order valence-corrected chi connectivity index (χ2v) is 13.3. The SMILES string of the molecule is CN(C)CCCNCc1ccccc1CN(CC(=O)Nc1ccc2c(c1)CC1(C2)C(=O)Nc2ncccc21)C(=O)C(C)(C)C. The summed E-state index contributed by atoms with van der Waals surface area (Å²) >= 11 is 0. The molecule has 1 unspecified atom stereocenters. The van der Waals surface area contributed by atoms with Gasteiger partial charge in [-0.1, -0.05) is 57.2 Å². The van der Waals surface area contributed by atoms with Crippen LogP contribution >= 0.6 is 0 Å². The van der Waals surface area contributed by atoms with Crippen LogP contribution in [0, 0.1) is 5.41 Å². The van der Waals surface area contributed by atoms with Gasteiger partial charge in [0.1, 0.15) is 12.4 Å². The molecule has 9 nitrogen and oxygen atoms in total. The molecule has 0 bridgehead atoms. The Bertz CT molecular complexity index is 1550. The Morgan fingerprint density at radius 2 is 1.75 bits per heavy atom. The average Bonchev–Trinajstić information content (AvgIpc) is 3.48. The average molecular weight is 597 g/mol. The fraction of sp³-hybridized carbons (Fsp3) is 0.429. The van der Waals surface area contributed by atoms with Crippen LogP contribution in [0.2, 0.25) is 0 Å². The molecule has 232 valence electrons. The Morgan fingerprint density at radius 3 is 2.50 bits per heavy atom. The van der Waals surface area contributed by atoms with Crippen molar-refractivity contribution in [3.05, 3.63) is 88.6 Å². The molecule has 3 amide bonds. The standard InChI is InChI=1S/C35H44N6O3/c1-34(2,3)33(44)41(22-26-11-7-6-10-25(26)21-36-15-9-17-40(4)5)23-30(42)38-28-14-13-24-19-35(20-27(24)18-28)29-12-8-16-37-31(29)39-32(35)43/h6-8,10-14,16,18,36H,9,15,17,19-23H2,1-5H3,(H,38,42)(H,37,39,43). The molecule has 0 radical (unpaired) electrons. The van der Waals surface area contributed by atoms with Gasteiger partial charge in [0.2, 0.25) is 17.7 Å². The van der Waals surface area contributed by atoms with E-state index in [0.717, 1.165) is 47.3 Å². The minimum absolute atomic E-state index is 0.0339. The van der Waals surface area contributed by atoms with Gasteiger partial charge in [0.25, 0.3) is 0 Å². The summed E-state index contributed by atoms with van der Waals surface area (Å²) in [5.74, 6) is 0.247. The highest BCUT2D eigenvalue weighted by atomic mass is 16.2. The number of carbonyl (C=O) groups is 3. The third kappa shape index (κ3) is 6.84. The van der Waals surface area contributed by atoms with E-state index >= 15 is 0 Å².